The topological polar surface area (TPSA) is 92.4 Å². The standard InChI is InChI=1S/C13H12N2O3S2/c14-12(18)8-5-6-19-13(8)15-11(17)7-20-10-4-2-1-3-9(10)16/h1-6,16H,7H2,(H2,14,18)(H,15,17). The van der Waals surface area contributed by atoms with E-state index >= 15 is 0 Å². The van der Waals surface area contributed by atoms with Crippen LogP contribution in [-0.4, -0.2) is 22.7 Å². The zero-order chi connectivity index (χ0) is 14.5. The van der Waals surface area contributed by atoms with E-state index in [1.165, 1.54) is 23.1 Å². The Morgan fingerprint density at radius 3 is 2.75 bits per heavy atom. The second kappa shape index (κ2) is 6.44. The van der Waals surface area contributed by atoms with Crippen molar-refractivity contribution >= 4 is 39.9 Å². The van der Waals surface area contributed by atoms with Crippen molar-refractivity contribution in [1.82, 2.24) is 0 Å². The molecular weight excluding hydrogens is 296 g/mol. The molecule has 1 heterocycles. The summed E-state index contributed by atoms with van der Waals surface area (Å²) in [5.41, 5.74) is 5.50. The lowest BCUT2D eigenvalue weighted by molar-refractivity contribution is -0.113. The maximum atomic E-state index is 11.8. The first-order valence-corrected chi connectivity index (χ1v) is 7.52. The highest BCUT2D eigenvalue weighted by Crippen LogP contribution is 2.28. The Balaban J connectivity index is 1.95. The fourth-order valence-corrected chi connectivity index (χ4v) is 3.04. The van der Waals surface area contributed by atoms with Crippen molar-refractivity contribution in [3.05, 3.63) is 41.3 Å². The Labute approximate surface area is 123 Å². The van der Waals surface area contributed by atoms with Crippen LogP contribution in [0.4, 0.5) is 5.00 Å². The minimum absolute atomic E-state index is 0.133. The van der Waals surface area contributed by atoms with Crippen molar-refractivity contribution in [1.29, 1.82) is 0 Å². The molecule has 0 radical (unpaired) electrons. The number of anilines is 1. The number of phenolic OH excluding ortho intramolecular Hbond substituents is 1. The van der Waals surface area contributed by atoms with Crippen molar-refractivity contribution in [3.8, 4) is 5.75 Å². The molecule has 104 valence electrons. The molecule has 0 fully saturated rings. The quantitative estimate of drug-likeness (QED) is 0.739. The maximum absolute atomic E-state index is 11.8. The average molecular weight is 308 g/mol. The first-order valence-electron chi connectivity index (χ1n) is 5.66. The SMILES string of the molecule is NC(=O)c1ccsc1NC(=O)CSc1ccccc1O. The fraction of sp³-hybridized carbons (Fsp3) is 0.0769. The van der Waals surface area contributed by atoms with Gasteiger partial charge in [0.25, 0.3) is 5.91 Å². The van der Waals surface area contributed by atoms with Crippen LogP contribution in [0.15, 0.2) is 40.6 Å². The molecule has 2 amide bonds. The normalized spacial score (nSPS) is 10.2. The number of benzene rings is 1. The van der Waals surface area contributed by atoms with Crippen LogP contribution in [0.5, 0.6) is 5.75 Å². The van der Waals surface area contributed by atoms with Crippen LogP contribution in [0.2, 0.25) is 0 Å². The molecule has 0 saturated carbocycles. The molecule has 0 unspecified atom stereocenters. The van der Waals surface area contributed by atoms with Gasteiger partial charge in [-0.2, -0.15) is 0 Å². The number of phenols is 1. The van der Waals surface area contributed by atoms with E-state index in [0.717, 1.165) is 0 Å². The maximum Gasteiger partial charge on any atom is 0.251 e. The van der Waals surface area contributed by atoms with Crippen molar-refractivity contribution in [3.63, 3.8) is 0 Å². The number of amides is 2. The molecule has 4 N–H and O–H groups in total. The highest BCUT2D eigenvalue weighted by Gasteiger charge is 2.13. The van der Waals surface area contributed by atoms with Crippen LogP contribution in [0.3, 0.4) is 0 Å². The van der Waals surface area contributed by atoms with Crippen molar-refractivity contribution in [2.45, 2.75) is 4.90 Å². The Hall–Kier alpha value is -1.99. The number of carbonyl (C=O) groups is 2. The predicted octanol–water partition coefficient (Wildman–Crippen LogP) is 2.28. The van der Waals surface area contributed by atoms with Crippen LogP contribution >= 0.6 is 23.1 Å². The zero-order valence-electron chi connectivity index (χ0n) is 10.3. The summed E-state index contributed by atoms with van der Waals surface area (Å²) in [6.07, 6.45) is 0. The third kappa shape index (κ3) is 3.52. The molecular formula is C13H12N2O3S2. The molecule has 1 aromatic heterocycles. The number of rotatable bonds is 5. The summed E-state index contributed by atoms with van der Waals surface area (Å²) in [6.45, 7) is 0. The molecule has 0 saturated heterocycles. The second-order valence-corrected chi connectivity index (χ2v) is 5.77. The summed E-state index contributed by atoms with van der Waals surface area (Å²) in [4.78, 5) is 23.6. The van der Waals surface area contributed by atoms with Crippen LogP contribution in [0.25, 0.3) is 0 Å². The third-order valence-electron chi connectivity index (χ3n) is 2.41. The van der Waals surface area contributed by atoms with Gasteiger partial charge >= 0.3 is 0 Å². The van der Waals surface area contributed by atoms with Gasteiger partial charge in [-0.25, -0.2) is 0 Å². The van der Waals surface area contributed by atoms with E-state index in [0.29, 0.717) is 15.5 Å². The van der Waals surface area contributed by atoms with E-state index in [1.54, 1.807) is 35.7 Å². The molecule has 1 aromatic carbocycles. The number of thioether (sulfide) groups is 1. The number of carbonyl (C=O) groups excluding carboxylic acids is 2. The lowest BCUT2D eigenvalue weighted by Crippen LogP contribution is -2.17. The van der Waals surface area contributed by atoms with Gasteiger partial charge in [0.05, 0.1) is 11.3 Å². The molecule has 0 atom stereocenters. The van der Waals surface area contributed by atoms with Gasteiger partial charge in [0.1, 0.15) is 10.8 Å². The average Bonchev–Trinajstić information content (AvgIpc) is 2.86. The lowest BCUT2D eigenvalue weighted by Gasteiger charge is -2.05. The number of aromatic hydroxyl groups is 1. The van der Waals surface area contributed by atoms with Crippen molar-refractivity contribution in [2.75, 3.05) is 11.1 Å². The molecule has 0 aliphatic carbocycles. The molecule has 0 aliphatic rings. The summed E-state index contributed by atoms with van der Waals surface area (Å²) in [7, 11) is 0. The Bertz CT molecular complexity index is 640. The third-order valence-corrected chi connectivity index (χ3v) is 4.30. The second-order valence-electron chi connectivity index (χ2n) is 3.83. The Kier molecular flexibility index (Phi) is 4.65. The van der Waals surface area contributed by atoms with Crippen LogP contribution < -0.4 is 11.1 Å². The van der Waals surface area contributed by atoms with Gasteiger partial charge in [0.15, 0.2) is 0 Å². The van der Waals surface area contributed by atoms with Crippen LogP contribution in [0.1, 0.15) is 10.4 Å². The van der Waals surface area contributed by atoms with Crippen molar-refractivity contribution in [2.24, 2.45) is 5.73 Å². The minimum Gasteiger partial charge on any atom is -0.507 e. The number of primary amides is 1. The van der Waals surface area contributed by atoms with E-state index in [2.05, 4.69) is 5.32 Å². The smallest absolute Gasteiger partial charge is 0.251 e. The van der Waals surface area contributed by atoms with Gasteiger partial charge in [0.2, 0.25) is 5.91 Å². The lowest BCUT2D eigenvalue weighted by atomic mass is 10.3. The van der Waals surface area contributed by atoms with E-state index in [-0.39, 0.29) is 17.4 Å². The number of hydrogen-bond donors (Lipinski definition) is 3. The van der Waals surface area contributed by atoms with E-state index in [4.69, 9.17) is 5.73 Å². The monoisotopic (exact) mass is 308 g/mol. The number of thiophene rings is 1. The van der Waals surface area contributed by atoms with E-state index < -0.39 is 5.91 Å². The molecule has 0 spiro atoms. The van der Waals surface area contributed by atoms with Crippen LogP contribution in [-0.2, 0) is 4.79 Å². The summed E-state index contributed by atoms with van der Waals surface area (Å²) < 4.78 is 0. The summed E-state index contributed by atoms with van der Waals surface area (Å²) in [6, 6.07) is 8.35. The van der Waals surface area contributed by atoms with Gasteiger partial charge in [0, 0.05) is 4.90 Å². The molecule has 2 rings (SSSR count). The van der Waals surface area contributed by atoms with Gasteiger partial charge in [-0.3, -0.25) is 9.59 Å². The summed E-state index contributed by atoms with van der Waals surface area (Å²) in [5.74, 6) is -0.564. The van der Waals surface area contributed by atoms with Crippen LogP contribution in [0, 0.1) is 0 Å². The molecule has 0 bridgehead atoms. The number of hydrogen-bond acceptors (Lipinski definition) is 5. The summed E-state index contributed by atoms with van der Waals surface area (Å²) >= 11 is 2.46. The number of nitrogens with one attached hydrogen (secondary N) is 1. The van der Waals surface area contributed by atoms with E-state index in [1.807, 2.05) is 0 Å². The first kappa shape index (κ1) is 14.4. The molecule has 5 nitrogen and oxygen atoms in total. The predicted molar refractivity (Wildman–Crippen MR) is 80.3 cm³/mol. The van der Waals surface area contributed by atoms with Gasteiger partial charge < -0.3 is 16.2 Å². The largest absolute Gasteiger partial charge is 0.507 e. The van der Waals surface area contributed by atoms with Crippen molar-refractivity contribution < 1.29 is 14.7 Å². The zero-order valence-corrected chi connectivity index (χ0v) is 12.0. The molecule has 2 aromatic rings. The summed E-state index contributed by atoms with van der Waals surface area (Å²) in [5, 5.41) is 14.4. The van der Waals surface area contributed by atoms with E-state index in [9.17, 15) is 14.7 Å². The number of nitrogens with two attached hydrogens (primary N) is 1. The minimum atomic E-state index is -0.574. The molecule has 0 aliphatic heterocycles. The highest BCUT2D eigenvalue weighted by atomic mass is 32.2. The Morgan fingerprint density at radius 1 is 1.30 bits per heavy atom. The van der Waals surface area contributed by atoms with Gasteiger partial charge in [-0.05, 0) is 23.6 Å². The highest BCUT2D eigenvalue weighted by molar-refractivity contribution is 8.00. The van der Waals surface area contributed by atoms with Gasteiger partial charge in [-0.15, -0.1) is 23.1 Å². The molecule has 20 heavy (non-hydrogen) atoms. The van der Waals surface area contributed by atoms with Gasteiger partial charge in [-0.1, -0.05) is 12.1 Å². The fourth-order valence-electron chi connectivity index (χ4n) is 1.49. The first-order chi connectivity index (χ1) is 9.58. The molecule has 7 heteroatoms. The Morgan fingerprint density at radius 2 is 2.05 bits per heavy atom. The number of para-hydroxylation sites is 1.